The van der Waals surface area contributed by atoms with Crippen molar-refractivity contribution in [1.29, 1.82) is 0 Å². The molecule has 148 valence electrons. The molecule has 3 nitrogen and oxygen atoms in total. The number of aryl methyl sites for hydroxylation is 1. The van der Waals surface area contributed by atoms with E-state index in [9.17, 15) is 18.3 Å². The molecule has 0 aliphatic heterocycles. The van der Waals surface area contributed by atoms with Gasteiger partial charge in [-0.05, 0) is 55.8 Å². The molecule has 1 unspecified atom stereocenters. The highest BCUT2D eigenvalue weighted by Crippen LogP contribution is 2.33. The molecule has 0 saturated carbocycles. The minimum absolute atomic E-state index is 0.136. The number of halogens is 4. The molecule has 1 N–H and O–H groups in total. The molecule has 0 radical (unpaired) electrons. The van der Waals surface area contributed by atoms with Gasteiger partial charge < -0.3 is 14.6 Å². The van der Waals surface area contributed by atoms with Crippen LogP contribution in [0.2, 0.25) is 5.02 Å². The molecule has 0 aliphatic carbocycles. The molecule has 0 fully saturated rings. The Hall–Kier alpha value is -1.57. The summed E-state index contributed by atoms with van der Waals surface area (Å²) in [6.45, 7) is 4.31. The maximum atomic E-state index is 12.6. The quantitative estimate of drug-likeness (QED) is 0.535. The smallest absolute Gasteiger partial charge is 0.416 e. The van der Waals surface area contributed by atoms with E-state index in [-0.39, 0.29) is 18.5 Å². The van der Waals surface area contributed by atoms with Crippen LogP contribution in [0.4, 0.5) is 13.2 Å². The van der Waals surface area contributed by atoms with Gasteiger partial charge in [-0.15, -0.1) is 11.8 Å². The molecule has 2 rings (SSSR count). The SMILES string of the molecule is CCOC(COc1ccc(C(F)(F)F)cc1)CSc1cc(C)c(O)cc1Cl. The van der Waals surface area contributed by atoms with E-state index in [1.54, 1.807) is 13.0 Å². The highest BCUT2D eigenvalue weighted by atomic mass is 35.5. The fourth-order valence-electron chi connectivity index (χ4n) is 2.25. The van der Waals surface area contributed by atoms with Gasteiger partial charge in [-0.25, -0.2) is 0 Å². The van der Waals surface area contributed by atoms with Gasteiger partial charge in [0, 0.05) is 17.3 Å². The van der Waals surface area contributed by atoms with Crippen molar-refractivity contribution in [3.63, 3.8) is 0 Å². The Labute approximate surface area is 165 Å². The van der Waals surface area contributed by atoms with Crippen LogP contribution in [-0.4, -0.2) is 30.2 Å². The number of phenolic OH excluding ortho intramolecular Hbond substituents is 1. The lowest BCUT2D eigenvalue weighted by Crippen LogP contribution is -2.24. The molecular formula is C19H20ClF3O3S. The molecule has 0 heterocycles. The summed E-state index contributed by atoms with van der Waals surface area (Å²) >= 11 is 7.60. The fourth-order valence-corrected chi connectivity index (χ4v) is 3.58. The lowest BCUT2D eigenvalue weighted by Gasteiger charge is -2.18. The first-order valence-electron chi connectivity index (χ1n) is 8.24. The molecule has 2 aromatic carbocycles. The van der Waals surface area contributed by atoms with Crippen molar-refractivity contribution in [2.75, 3.05) is 19.0 Å². The van der Waals surface area contributed by atoms with Crippen LogP contribution in [0.3, 0.4) is 0 Å². The number of ether oxygens (including phenoxy) is 2. The van der Waals surface area contributed by atoms with Crippen molar-refractivity contribution in [2.45, 2.75) is 31.0 Å². The van der Waals surface area contributed by atoms with Gasteiger partial charge in [-0.1, -0.05) is 11.6 Å². The minimum atomic E-state index is -4.37. The van der Waals surface area contributed by atoms with Gasteiger partial charge in [-0.2, -0.15) is 13.2 Å². The van der Waals surface area contributed by atoms with Crippen molar-refractivity contribution >= 4 is 23.4 Å². The van der Waals surface area contributed by atoms with Crippen molar-refractivity contribution in [3.8, 4) is 11.5 Å². The maximum absolute atomic E-state index is 12.6. The molecule has 0 aliphatic rings. The predicted molar refractivity (Wildman–Crippen MR) is 101 cm³/mol. The average Bonchev–Trinajstić information content (AvgIpc) is 2.61. The fraction of sp³-hybridized carbons (Fsp3) is 0.368. The molecule has 27 heavy (non-hydrogen) atoms. The van der Waals surface area contributed by atoms with Crippen molar-refractivity contribution in [2.24, 2.45) is 0 Å². The second kappa shape index (κ2) is 9.57. The van der Waals surface area contributed by atoms with Crippen LogP contribution in [0.1, 0.15) is 18.1 Å². The number of hydrogen-bond donors (Lipinski definition) is 1. The Bertz CT molecular complexity index is 751. The number of phenols is 1. The van der Waals surface area contributed by atoms with Crippen LogP contribution < -0.4 is 4.74 Å². The zero-order valence-electron chi connectivity index (χ0n) is 14.8. The van der Waals surface area contributed by atoms with E-state index in [2.05, 4.69) is 0 Å². The van der Waals surface area contributed by atoms with Gasteiger partial charge in [0.25, 0.3) is 0 Å². The standard InChI is InChI=1S/C19H20ClF3O3S/c1-3-25-15(11-27-18-8-12(2)17(24)9-16(18)20)10-26-14-6-4-13(5-7-14)19(21,22)23/h4-9,15,24H,3,10-11H2,1-2H3. The van der Waals surface area contributed by atoms with E-state index < -0.39 is 11.7 Å². The van der Waals surface area contributed by atoms with Gasteiger partial charge >= 0.3 is 6.18 Å². The average molecular weight is 421 g/mol. The third kappa shape index (κ3) is 6.52. The Kier molecular flexibility index (Phi) is 7.70. The second-order valence-electron chi connectivity index (χ2n) is 5.79. The highest BCUT2D eigenvalue weighted by Gasteiger charge is 2.30. The van der Waals surface area contributed by atoms with Crippen LogP contribution in [0.15, 0.2) is 41.3 Å². The molecule has 2 aromatic rings. The van der Waals surface area contributed by atoms with Crippen LogP contribution in [0.25, 0.3) is 0 Å². The highest BCUT2D eigenvalue weighted by molar-refractivity contribution is 7.99. The van der Waals surface area contributed by atoms with Crippen molar-refractivity contribution in [1.82, 2.24) is 0 Å². The Balaban J connectivity index is 1.94. The molecule has 0 saturated heterocycles. The van der Waals surface area contributed by atoms with Crippen LogP contribution >= 0.6 is 23.4 Å². The second-order valence-corrected chi connectivity index (χ2v) is 7.26. The van der Waals surface area contributed by atoms with Gasteiger partial charge in [-0.3, -0.25) is 0 Å². The Morgan fingerprint density at radius 3 is 2.44 bits per heavy atom. The third-order valence-electron chi connectivity index (χ3n) is 3.70. The zero-order valence-corrected chi connectivity index (χ0v) is 16.4. The van der Waals surface area contributed by atoms with Crippen molar-refractivity contribution in [3.05, 3.63) is 52.5 Å². The first-order valence-corrected chi connectivity index (χ1v) is 9.60. The summed E-state index contributed by atoms with van der Waals surface area (Å²) in [7, 11) is 0. The molecule has 0 bridgehead atoms. The van der Waals surface area contributed by atoms with Gasteiger partial charge in [0.2, 0.25) is 0 Å². The first-order chi connectivity index (χ1) is 12.7. The van der Waals surface area contributed by atoms with E-state index >= 15 is 0 Å². The summed E-state index contributed by atoms with van der Waals surface area (Å²) in [5.41, 5.74) is -0.0000278. The third-order valence-corrected chi connectivity index (χ3v) is 5.31. The van der Waals surface area contributed by atoms with Gasteiger partial charge in [0.05, 0.1) is 10.6 Å². The molecule has 0 spiro atoms. The number of alkyl halides is 3. The van der Waals surface area contributed by atoms with Crippen molar-refractivity contribution < 1.29 is 27.8 Å². The number of aromatic hydroxyl groups is 1. The lowest BCUT2D eigenvalue weighted by molar-refractivity contribution is -0.137. The topological polar surface area (TPSA) is 38.7 Å². The Morgan fingerprint density at radius 1 is 1.19 bits per heavy atom. The van der Waals surface area contributed by atoms with Gasteiger partial charge in [0.15, 0.2) is 0 Å². The van der Waals surface area contributed by atoms with Crippen LogP contribution in [-0.2, 0) is 10.9 Å². The largest absolute Gasteiger partial charge is 0.508 e. The molecule has 0 aromatic heterocycles. The normalized spacial score (nSPS) is 12.8. The number of benzene rings is 2. The van der Waals surface area contributed by atoms with Crippen LogP contribution in [0.5, 0.6) is 11.5 Å². The summed E-state index contributed by atoms with van der Waals surface area (Å²) in [5.74, 6) is 1.02. The summed E-state index contributed by atoms with van der Waals surface area (Å²) in [4.78, 5) is 0.811. The summed E-state index contributed by atoms with van der Waals surface area (Å²) in [6.07, 6.45) is -4.64. The van der Waals surface area contributed by atoms with Gasteiger partial charge in [0.1, 0.15) is 24.2 Å². The maximum Gasteiger partial charge on any atom is 0.416 e. The molecule has 1 atom stereocenters. The number of hydrogen-bond acceptors (Lipinski definition) is 4. The van der Waals surface area contributed by atoms with E-state index in [4.69, 9.17) is 21.1 Å². The molecule has 8 heteroatoms. The van der Waals surface area contributed by atoms with Crippen LogP contribution in [0, 0.1) is 6.92 Å². The minimum Gasteiger partial charge on any atom is -0.508 e. The van der Waals surface area contributed by atoms with E-state index in [1.807, 2.05) is 6.92 Å². The summed E-state index contributed by atoms with van der Waals surface area (Å²) < 4.78 is 49.0. The lowest BCUT2D eigenvalue weighted by atomic mass is 10.2. The predicted octanol–water partition coefficient (Wildman–Crippen LogP) is 5.95. The molecular weight excluding hydrogens is 401 g/mol. The zero-order chi connectivity index (χ0) is 20.0. The monoisotopic (exact) mass is 420 g/mol. The number of rotatable bonds is 8. The molecule has 0 amide bonds. The van der Waals surface area contributed by atoms with E-state index in [0.29, 0.717) is 23.1 Å². The number of thioether (sulfide) groups is 1. The van der Waals surface area contributed by atoms with E-state index in [0.717, 1.165) is 22.6 Å². The Morgan fingerprint density at radius 2 is 1.85 bits per heavy atom. The summed E-state index contributed by atoms with van der Waals surface area (Å²) in [5, 5.41) is 10.1. The van der Waals surface area contributed by atoms with E-state index in [1.165, 1.54) is 30.0 Å². The first kappa shape index (κ1) is 21.7. The summed E-state index contributed by atoms with van der Waals surface area (Å²) in [6, 6.07) is 7.84.